The lowest BCUT2D eigenvalue weighted by Gasteiger charge is -2.29. The first kappa shape index (κ1) is 18.7. The van der Waals surface area contributed by atoms with Crippen molar-refractivity contribution in [1.29, 1.82) is 0 Å². The fourth-order valence-electron chi connectivity index (χ4n) is 3.12. The zero-order chi connectivity index (χ0) is 19.1. The molecular weight excluding hydrogens is 378 g/mol. The van der Waals surface area contributed by atoms with E-state index in [4.69, 9.17) is 4.52 Å². The second kappa shape index (κ2) is 6.58. The molecule has 0 bridgehead atoms. The third-order valence-corrected chi connectivity index (χ3v) is 7.78. The van der Waals surface area contributed by atoms with Gasteiger partial charge in [-0.05, 0) is 57.4 Å². The van der Waals surface area contributed by atoms with Gasteiger partial charge < -0.3 is 4.52 Å². The summed E-state index contributed by atoms with van der Waals surface area (Å²) in [4.78, 5) is 0.0119. The van der Waals surface area contributed by atoms with E-state index in [1.807, 2.05) is 0 Å². The molecule has 2 heterocycles. The summed E-state index contributed by atoms with van der Waals surface area (Å²) in [6.07, 6.45) is 1.46. The van der Waals surface area contributed by atoms with Gasteiger partial charge in [0.1, 0.15) is 5.69 Å². The minimum atomic E-state index is -3.85. The lowest BCUT2D eigenvalue weighted by molar-refractivity contribution is 0.390. The minimum Gasteiger partial charge on any atom is -0.360 e. The quantitative estimate of drug-likeness (QED) is 0.845. The van der Waals surface area contributed by atoms with E-state index in [0.717, 1.165) is 6.42 Å². The van der Waals surface area contributed by atoms with Gasteiger partial charge in [-0.15, -0.1) is 0 Å². The summed E-state index contributed by atoms with van der Waals surface area (Å²) < 4.78 is 58.5. The van der Waals surface area contributed by atoms with Gasteiger partial charge in [0.05, 0.1) is 11.4 Å². The number of aromatic nitrogens is 1. The number of hydrogen-bond acceptors (Lipinski definition) is 6. The highest BCUT2D eigenvalue weighted by atomic mass is 32.2. The normalized spacial score (nSPS) is 17.3. The number of anilines is 2. The fraction of sp³-hybridized carbons (Fsp3) is 0.438. The van der Waals surface area contributed by atoms with Crippen molar-refractivity contribution in [2.45, 2.75) is 38.5 Å². The first-order chi connectivity index (χ1) is 12.1. The van der Waals surface area contributed by atoms with Gasteiger partial charge in [-0.25, -0.2) is 16.8 Å². The number of rotatable bonds is 4. The molecule has 0 spiro atoms. The number of aryl methyl sites for hydroxylation is 3. The molecule has 0 amide bonds. The van der Waals surface area contributed by atoms with E-state index in [9.17, 15) is 16.8 Å². The average Bonchev–Trinajstić information content (AvgIpc) is 2.87. The van der Waals surface area contributed by atoms with Crippen LogP contribution in [-0.2, 0) is 20.0 Å². The van der Waals surface area contributed by atoms with Crippen LogP contribution >= 0.6 is 0 Å². The minimum absolute atomic E-state index is 0.0119. The topological polar surface area (TPSA) is 110 Å². The number of nitrogens with one attached hydrogen (secondary N) is 1. The van der Waals surface area contributed by atoms with Crippen molar-refractivity contribution in [3.05, 3.63) is 35.2 Å². The van der Waals surface area contributed by atoms with Crippen LogP contribution in [0.25, 0.3) is 0 Å². The van der Waals surface area contributed by atoms with Gasteiger partial charge in [-0.2, -0.15) is 0 Å². The lowest BCUT2D eigenvalue weighted by Crippen LogP contribution is -2.38. The Hall–Kier alpha value is -2.07. The zero-order valence-corrected chi connectivity index (χ0v) is 16.4. The molecule has 142 valence electrons. The molecule has 0 saturated carbocycles. The standard InChI is InChI=1S/C16H21N3O5S2/c1-11-10-14(18-26(22,23)16-12(2)17-24-13(16)3)6-7-15(11)19-8-4-5-9-25(19,20)21/h6-7,10,18H,4-5,8-9H2,1-3H3. The van der Waals surface area contributed by atoms with Gasteiger partial charge in [-0.1, -0.05) is 5.16 Å². The highest BCUT2D eigenvalue weighted by Gasteiger charge is 2.28. The van der Waals surface area contributed by atoms with Crippen molar-refractivity contribution in [3.63, 3.8) is 0 Å². The van der Waals surface area contributed by atoms with Crippen molar-refractivity contribution in [1.82, 2.24) is 5.16 Å². The molecule has 1 aliphatic heterocycles. The Morgan fingerprint density at radius 3 is 2.50 bits per heavy atom. The Morgan fingerprint density at radius 2 is 1.92 bits per heavy atom. The van der Waals surface area contributed by atoms with E-state index in [-0.39, 0.29) is 22.1 Å². The summed E-state index contributed by atoms with van der Waals surface area (Å²) in [5, 5.41) is 3.67. The zero-order valence-electron chi connectivity index (χ0n) is 14.8. The molecule has 0 aliphatic carbocycles. The van der Waals surface area contributed by atoms with Crippen LogP contribution in [0.5, 0.6) is 0 Å². The largest absolute Gasteiger partial charge is 0.360 e. The van der Waals surface area contributed by atoms with Gasteiger partial charge in [0.15, 0.2) is 10.7 Å². The van der Waals surface area contributed by atoms with Crippen LogP contribution in [0.4, 0.5) is 11.4 Å². The molecule has 1 aromatic carbocycles. The molecule has 8 nitrogen and oxygen atoms in total. The average molecular weight is 399 g/mol. The first-order valence-corrected chi connectivity index (χ1v) is 11.3. The molecule has 10 heteroatoms. The van der Waals surface area contributed by atoms with Crippen molar-refractivity contribution < 1.29 is 21.4 Å². The van der Waals surface area contributed by atoms with Gasteiger partial charge in [-0.3, -0.25) is 9.03 Å². The maximum Gasteiger partial charge on any atom is 0.267 e. The number of sulfonamides is 2. The van der Waals surface area contributed by atoms with Crippen LogP contribution < -0.4 is 9.03 Å². The summed E-state index contributed by atoms with van der Waals surface area (Å²) in [5.74, 6) is 0.343. The SMILES string of the molecule is Cc1cc(NS(=O)(=O)c2c(C)noc2C)ccc1N1CCCCS1(=O)=O. The fourth-order valence-corrected chi connectivity index (χ4v) is 6.21. The summed E-state index contributed by atoms with van der Waals surface area (Å²) in [6, 6.07) is 4.81. The Morgan fingerprint density at radius 1 is 1.19 bits per heavy atom. The Bertz CT molecular complexity index is 1020. The summed E-state index contributed by atoms with van der Waals surface area (Å²) in [6.45, 7) is 5.28. The molecular formula is C16H21N3O5S2. The predicted octanol–water partition coefficient (Wildman–Crippen LogP) is 2.33. The van der Waals surface area contributed by atoms with Crippen LogP contribution in [0.2, 0.25) is 0 Å². The first-order valence-electron chi connectivity index (χ1n) is 8.18. The number of hydrogen-bond donors (Lipinski definition) is 1. The highest BCUT2D eigenvalue weighted by molar-refractivity contribution is 7.93. The molecule has 3 rings (SSSR count). The van der Waals surface area contributed by atoms with E-state index >= 15 is 0 Å². The van der Waals surface area contributed by atoms with Crippen LogP contribution in [0.1, 0.15) is 29.9 Å². The maximum absolute atomic E-state index is 12.6. The van der Waals surface area contributed by atoms with Gasteiger partial charge in [0.2, 0.25) is 10.0 Å². The van der Waals surface area contributed by atoms with Crippen molar-refractivity contribution >= 4 is 31.4 Å². The van der Waals surface area contributed by atoms with Crippen molar-refractivity contribution in [2.24, 2.45) is 0 Å². The van der Waals surface area contributed by atoms with Gasteiger partial charge in [0, 0.05) is 12.2 Å². The number of benzene rings is 1. The summed E-state index contributed by atoms with van der Waals surface area (Å²) in [7, 11) is -7.17. The molecule has 1 saturated heterocycles. The molecule has 1 fully saturated rings. The molecule has 0 unspecified atom stereocenters. The molecule has 1 N–H and O–H groups in total. The Balaban J connectivity index is 1.91. The lowest BCUT2D eigenvalue weighted by atomic mass is 10.1. The Labute approximate surface area is 153 Å². The van der Waals surface area contributed by atoms with E-state index in [0.29, 0.717) is 29.9 Å². The molecule has 2 aromatic rings. The van der Waals surface area contributed by atoms with Crippen molar-refractivity contribution in [3.8, 4) is 0 Å². The smallest absolute Gasteiger partial charge is 0.267 e. The summed E-state index contributed by atoms with van der Waals surface area (Å²) in [5.41, 5.74) is 1.88. The summed E-state index contributed by atoms with van der Waals surface area (Å²) >= 11 is 0. The maximum atomic E-state index is 12.6. The number of nitrogens with zero attached hydrogens (tertiary/aromatic N) is 2. The van der Waals surface area contributed by atoms with Crippen LogP contribution in [0.3, 0.4) is 0 Å². The molecule has 1 aromatic heterocycles. The molecule has 0 atom stereocenters. The third kappa shape index (κ3) is 3.43. The van der Waals surface area contributed by atoms with E-state index < -0.39 is 20.0 Å². The van der Waals surface area contributed by atoms with Crippen LogP contribution in [0, 0.1) is 20.8 Å². The predicted molar refractivity (Wildman–Crippen MR) is 98.3 cm³/mol. The second-order valence-corrected chi connectivity index (χ2v) is 9.99. The second-order valence-electron chi connectivity index (χ2n) is 6.36. The molecule has 1 aliphatic rings. The Kier molecular flexibility index (Phi) is 4.74. The molecule has 26 heavy (non-hydrogen) atoms. The highest BCUT2D eigenvalue weighted by Crippen LogP contribution is 2.30. The monoisotopic (exact) mass is 399 g/mol. The van der Waals surface area contributed by atoms with Crippen LogP contribution in [0.15, 0.2) is 27.6 Å². The van der Waals surface area contributed by atoms with Crippen molar-refractivity contribution in [2.75, 3.05) is 21.3 Å². The van der Waals surface area contributed by atoms with E-state index in [1.165, 1.54) is 11.2 Å². The third-order valence-electron chi connectivity index (χ3n) is 4.30. The van der Waals surface area contributed by atoms with Gasteiger partial charge >= 0.3 is 0 Å². The van der Waals surface area contributed by atoms with Gasteiger partial charge in [0.25, 0.3) is 10.0 Å². The molecule has 0 radical (unpaired) electrons. The van der Waals surface area contributed by atoms with Crippen LogP contribution in [-0.4, -0.2) is 34.3 Å². The van der Waals surface area contributed by atoms with E-state index in [2.05, 4.69) is 9.88 Å². The van der Waals surface area contributed by atoms with E-state index in [1.54, 1.807) is 32.0 Å².